The van der Waals surface area contributed by atoms with Gasteiger partial charge in [-0.2, -0.15) is 0 Å². The average Bonchev–Trinajstić information content (AvgIpc) is 2.25. The Bertz CT molecular complexity index is 343. The lowest BCUT2D eigenvalue weighted by atomic mass is 10.2. The summed E-state index contributed by atoms with van der Waals surface area (Å²) in [6.07, 6.45) is 1.65. The molecule has 3 heteroatoms. The molecule has 1 heterocycles. The predicted octanol–water partition coefficient (Wildman–Crippen LogP) is 2.77. The van der Waals surface area contributed by atoms with Gasteiger partial charge in [0, 0.05) is 24.8 Å². The van der Waals surface area contributed by atoms with Crippen LogP contribution in [0, 0.1) is 5.92 Å². The van der Waals surface area contributed by atoms with E-state index in [1.54, 1.807) is 13.1 Å². The Labute approximate surface area is 97.5 Å². The quantitative estimate of drug-likeness (QED) is 0.715. The molecule has 0 spiro atoms. The molecule has 0 amide bonds. The van der Waals surface area contributed by atoms with Gasteiger partial charge in [-0.3, -0.25) is 4.79 Å². The molecule has 0 N–H and O–H groups in total. The molecule has 0 saturated carbocycles. The summed E-state index contributed by atoms with van der Waals surface area (Å²) in [5.74, 6) is 1.61. The third-order valence-electron chi connectivity index (χ3n) is 2.45. The SMILES string of the molecule is CCN(CC(C)C)c1ccc(C(C)=O)cn1. The summed E-state index contributed by atoms with van der Waals surface area (Å²) in [4.78, 5) is 17.7. The van der Waals surface area contributed by atoms with Crippen LogP contribution in [0.25, 0.3) is 0 Å². The molecule has 0 radical (unpaired) electrons. The fourth-order valence-corrected chi connectivity index (χ4v) is 1.61. The van der Waals surface area contributed by atoms with Gasteiger partial charge in [-0.25, -0.2) is 4.98 Å². The Hall–Kier alpha value is -1.38. The van der Waals surface area contributed by atoms with Crippen molar-refractivity contribution >= 4 is 11.6 Å². The summed E-state index contributed by atoms with van der Waals surface area (Å²) in [6.45, 7) is 9.97. The number of aromatic nitrogens is 1. The molecule has 0 unspecified atom stereocenters. The van der Waals surface area contributed by atoms with Crippen molar-refractivity contribution in [2.75, 3.05) is 18.0 Å². The Balaban J connectivity index is 2.82. The van der Waals surface area contributed by atoms with Gasteiger partial charge in [0.05, 0.1) is 0 Å². The van der Waals surface area contributed by atoms with Gasteiger partial charge in [0.1, 0.15) is 5.82 Å². The minimum atomic E-state index is 0.0611. The van der Waals surface area contributed by atoms with E-state index in [4.69, 9.17) is 0 Å². The van der Waals surface area contributed by atoms with Gasteiger partial charge in [-0.1, -0.05) is 13.8 Å². The van der Waals surface area contributed by atoms with Crippen molar-refractivity contribution in [1.82, 2.24) is 4.98 Å². The van der Waals surface area contributed by atoms with Crippen LogP contribution >= 0.6 is 0 Å². The maximum atomic E-state index is 11.1. The number of hydrogen-bond acceptors (Lipinski definition) is 3. The molecule has 0 aliphatic heterocycles. The monoisotopic (exact) mass is 220 g/mol. The standard InChI is InChI=1S/C13H20N2O/c1-5-15(9-10(2)3)13-7-6-12(8-14-13)11(4)16/h6-8,10H,5,9H2,1-4H3. The molecule has 0 saturated heterocycles. The van der Waals surface area contributed by atoms with Gasteiger partial charge in [0.2, 0.25) is 0 Å². The third kappa shape index (κ3) is 3.33. The Morgan fingerprint density at radius 1 is 1.44 bits per heavy atom. The second-order valence-electron chi connectivity index (χ2n) is 4.39. The lowest BCUT2D eigenvalue weighted by Gasteiger charge is -2.23. The van der Waals surface area contributed by atoms with E-state index >= 15 is 0 Å². The highest BCUT2D eigenvalue weighted by molar-refractivity contribution is 5.93. The summed E-state index contributed by atoms with van der Waals surface area (Å²) in [5.41, 5.74) is 0.671. The number of rotatable bonds is 5. The summed E-state index contributed by atoms with van der Waals surface area (Å²) < 4.78 is 0. The van der Waals surface area contributed by atoms with E-state index in [2.05, 4.69) is 30.7 Å². The van der Waals surface area contributed by atoms with Crippen molar-refractivity contribution in [2.45, 2.75) is 27.7 Å². The normalized spacial score (nSPS) is 10.6. The van der Waals surface area contributed by atoms with Gasteiger partial charge in [0.25, 0.3) is 0 Å². The maximum absolute atomic E-state index is 11.1. The molecule has 0 aliphatic rings. The molecular weight excluding hydrogens is 200 g/mol. The first-order valence-electron chi connectivity index (χ1n) is 5.76. The molecule has 0 aliphatic carbocycles. The molecule has 1 aromatic heterocycles. The highest BCUT2D eigenvalue weighted by atomic mass is 16.1. The molecule has 0 bridgehead atoms. The number of ketones is 1. The van der Waals surface area contributed by atoms with Crippen molar-refractivity contribution in [2.24, 2.45) is 5.92 Å². The van der Waals surface area contributed by atoms with Gasteiger partial charge in [0.15, 0.2) is 5.78 Å². The first kappa shape index (κ1) is 12.7. The second-order valence-corrected chi connectivity index (χ2v) is 4.39. The summed E-state index contributed by atoms with van der Waals surface area (Å²) in [5, 5.41) is 0. The molecule has 3 nitrogen and oxygen atoms in total. The van der Waals surface area contributed by atoms with Crippen LogP contribution in [-0.4, -0.2) is 23.9 Å². The largest absolute Gasteiger partial charge is 0.357 e. The number of hydrogen-bond donors (Lipinski definition) is 0. The highest BCUT2D eigenvalue weighted by Crippen LogP contribution is 2.13. The number of carbonyl (C=O) groups is 1. The zero-order chi connectivity index (χ0) is 12.1. The Morgan fingerprint density at radius 2 is 2.12 bits per heavy atom. The van der Waals surface area contributed by atoms with Crippen molar-refractivity contribution in [3.8, 4) is 0 Å². The van der Waals surface area contributed by atoms with E-state index in [1.807, 2.05) is 12.1 Å². The van der Waals surface area contributed by atoms with Crippen LogP contribution in [0.4, 0.5) is 5.82 Å². The van der Waals surface area contributed by atoms with Crippen molar-refractivity contribution < 1.29 is 4.79 Å². The van der Waals surface area contributed by atoms with Crippen LogP contribution in [-0.2, 0) is 0 Å². The number of pyridine rings is 1. The molecule has 88 valence electrons. The smallest absolute Gasteiger partial charge is 0.161 e. The molecule has 0 aromatic carbocycles. The van der Waals surface area contributed by atoms with Crippen LogP contribution in [0.15, 0.2) is 18.3 Å². The van der Waals surface area contributed by atoms with E-state index in [0.29, 0.717) is 11.5 Å². The van der Waals surface area contributed by atoms with Crippen molar-refractivity contribution in [1.29, 1.82) is 0 Å². The lowest BCUT2D eigenvalue weighted by Crippen LogP contribution is -2.28. The van der Waals surface area contributed by atoms with Crippen LogP contribution in [0.5, 0.6) is 0 Å². The van der Waals surface area contributed by atoms with Gasteiger partial charge in [-0.05, 0) is 31.9 Å². The third-order valence-corrected chi connectivity index (χ3v) is 2.45. The average molecular weight is 220 g/mol. The summed E-state index contributed by atoms with van der Waals surface area (Å²) in [7, 11) is 0. The van der Waals surface area contributed by atoms with E-state index in [1.165, 1.54) is 0 Å². The Kier molecular flexibility index (Phi) is 4.47. The van der Waals surface area contributed by atoms with Crippen molar-refractivity contribution in [3.05, 3.63) is 23.9 Å². The fourth-order valence-electron chi connectivity index (χ4n) is 1.61. The van der Waals surface area contributed by atoms with Gasteiger partial charge < -0.3 is 4.90 Å². The maximum Gasteiger partial charge on any atom is 0.161 e. The van der Waals surface area contributed by atoms with Crippen LogP contribution < -0.4 is 4.90 Å². The zero-order valence-electron chi connectivity index (χ0n) is 10.5. The summed E-state index contributed by atoms with van der Waals surface area (Å²) in [6, 6.07) is 3.76. The molecule has 1 aromatic rings. The van der Waals surface area contributed by atoms with Crippen LogP contribution in [0.3, 0.4) is 0 Å². The molecule has 0 atom stereocenters. The fraction of sp³-hybridized carbons (Fsp3) is 0.538. The number of anilines is 1. The summed E-state index contributed by atoms with van der Waals surface area (Å²) >= 11 is 0. The topological polar surface area (TPSA) is 33.2 Å². The molecule has 1 rings (SSSR count). The van der Waals surface area contributed by atoms with E-state index < -0.39 is 0 Å². The van der Waals surface area contributed by atoms with E-state index in [-0.39, 0.29) is 5.78 Å². The zero-order valence-corrected chi connectivity index (χ0v) is 10.5. The van der Waals surface area contributed by atoms with E-state index in [0.717, 1.165) is 18.9 Å². The first-order chi connectivity index (χ1) is 7.54. The minimum Gasteiger partial charge on any atom is -0.357 e. The number of Topliss-reactive ketones (excluding diaryl/α,β-unsaturated/α-hetero) is 1. The van der Waals surface area contributed by atoms with E-state index in [9.17, 15) is 4.79 Å². The molecule has 16 heavy (non-hydrogen) atoms. The van der Waals surface area contributed by atoms with Crippen molar-refractivity contribution in [3.63, 3.8) is 0 Å². The molecule has 0 fully saturated rings. The van der Waals surface area contributed by atoms with Crippen LogP contribution in [0.1, 0.15) is 38.1 Å². The number of carbonyl (C=O) groups excluding carboxylic acids is 1. The number of nitrogens with zero attached hydrogens (tertiary/aromatic N) is 2. The lowest BCUT2D eigenvalue weighted by molar-refractivity contribution is 0.101. The minimum absolute atomic E-state index is 0.0611. The first-order valence-corrected chi connectivity index (χ1v) is 5.76. The van der Waals surface area contributed by atoms with Gasteiger partial charge >= 0.3 is 0 Å². The predicted molar refractivity (Wildman–Crippen MR) is 67.0 cm³/mol. The second kappa shape index (κ2) is 5.64. The van der Waals surface area contributed by atoms with Crippen LogP contribution in [0.2, 0.25) is 0 Å². The van der Waals surface area contributed by atoms with Gasteiger partial charge in [-0.15, -0.1) is 0 Å². The Morgan fingerprint density at radius 3 is 2.50 bits per heavy atom. The highest BCUT2D eigenvalue weighted by Gasteiger charge is 2.08. The molecular formula is C13H20N2O.